The van der Waals surface area contributed by atoms with Gasteiger partial charge in [-0.15, -0.1) is 11.3 Å². The molecule has 8 heteroatoms. The molecule has 0 atom stereocenters. The number of carbonyl (C=O) groups is 1. The number of nitrogens with one attached hydrogen (secondary N) is 2. The van der Waals surface area contributed by atoms with Crippen LogP contribution in [0.5, 0.6) is 0 Å². The molecule has 0 fully saturated rings. The maximum absolute atomic E-state index is 11.9. The molecule has 0 aliphatic carbocycles. The Hall–Kier alpha value is -2.32. The van der Waals surface area contributed by atoms with Gasteiger partial charge in [0, 0.05) is 22.0 Å². The molecule has 2 heterocycles. The SMILES string of the molecule is Cc1nc(CNC(=O)Nc2nc(-c3ccccc3)ns2)sc1C. The van der Waals surface area contributed by atoms with E-state index in [9.17, 15) is 4.79 Å². The molecule has 0 spiro atoms. The highest BCUT2D eigenvalue weighted by Crippen LogP contribution is 2.20. The topological polar surface area (TPSA) is 79.8 Å². The molecule has 0 aliphatic heterocycles. The average Bonchev–Trinajstić information content (AvgIpc) is 3.13. The highest BCUT2D eigenvalue weighted by molar-refractivity contribution is 7.11. The third-order valence-electron chi connectivity index (χ3n) is 3.15. The predicted octanol–water partition coefficient (Wildman–Crippen LogP) is 3.60. The van der Waals surface area contributed by atoms with Crippen molar-refractivity contribution in [2.24, 2.45) is 0 Å². The Morgan fingerprint density at radius 3 is 2.65 bits per heavy atom. The molecule has 0 aliphatic rings. The number of anilines is 1. The minimum Gasteiger partial charge on any atom is -0.331 e. The van der Waals surface area contributed by atoms with Crippen molar-refractivity contribution in [1.82, 2.24) is 19.7 Å². The Labute approximate surface area is 141 Å². The van der Waals surface area contributed by atoms with Gasteiger partial charge >= 0.3 is 6.03 Å². The highest BCUT2D eigenvalue weighted by Gasteiger charge is 2.10. The Kier molecular flexibility index (Phi) is 4.63. The minimum atomic E-state index is -0.314. The van der Waals surface area contributed by atoms with Crippen LogP contribution in [0.15, 0.2) is 30.3 Å². The summed E-state index contributed by atoms with van der Waals surface area (Å²) in [5, 5.41) is 6.82. The number of hydrogen-bond acceptors (Lipinski definition) is 6. The molecule has 23 heavy (non-hydrogen) atoms. The molecular weight excluding hydrogens is 330 g/mol. The largest absolute Gasteiger partial charge is 0.331 e. The second-order valence-corrected chi connectivity index (χ2v) is 6.89. The maximum atomic E-state index is 11.9. The molecule has 2 amide bonds. The van der Waals surface area contributed by atoms with Gasteiger partial charge < -0.3 is 5.32 Å². The van der Waals surface area contributed by atoms with E-state index in [1.54, 1.807) is 11.3 Å². The van der Waals surface area contributed by atoms with Crippen molar-refractivity contribution < 1.29 is 4.79 Å². The number of carbonyl (C=O) groups excluding carboxylic acids is 1. The summed E-state index contributed by atoms with van der Waals surface area (Å²) >= 11 is 2.74. The minimum absolute atomic E-state index is 0.314. The van der Waals surface area contributed by atoms with Crippen LogP contribution in [0, 0.1) is 13.8 Å². The lowest BCUT2D eigenvalue weighted by Gasteiger charge is -2.02. The van der Waals surface area contributed by atoms with Crippen molar-refractivity contribution in [1.29, 1.82) is 0 Å². The van der Waals surface area contributed by atoms with Gasteiger partial charge in [-0.25, -0.2) is 9.78 Å². The molecule has 1 aromatic carbocycles. The van der Waals surface area contributed by atoms with Gasteiger partial charge in [-0.1, -0.05) is 30.3 Å². The fourth-order valence-electron chi connectivity index (χ4n) is 1.89. The van der Waals surface area contributed by atoms with Crippen molar-refractivity contribution in [3.8, 4) is 11.4 Å². The van der Waals surface area contributed by atoms with Crippen LogP contribution in [0.4, 0.5) is 9.93 Å². The van der Waals surface area contributed by atoms with Crippen molar-refractivity contribution in [2.45, 2.75) is 20.4 Å². The van der Waals surface area contributed by atoms with Gasteiger partial charge in [-0.05, 0) is 13.8 Å². The summed E-state index contributed by atoms with van der Waals surface area (Å²) in [5.41, 5.74) is 1.93. The monoisotopic (exact) mass is 345 g/mol. The van der Waals surface area contributed by atoms with E-state index in [0.29, 0.717) is 17.5 Å². The van der Waals surface area contributed by atoms with E-state index in [4.69, 9.17) is 0 Å². The molecule has 0 saturated carbocycles. The van der Waals surface area contributed by atoms with Gasteiger partial charge in [0.05, 0.1) is 12.2 Å². The smallest absolute Gasteiger partial charge is 0.321 e. The molecule has 0 unspecified atom stereocenters. The van der Waals surface area contributed by atoms with Gasteiger partial charge in [0.2, 0.25) is 5.13 Å². The fraction of sp³-hybridized carbons (Fsp3) is 0.200. The summed E-state index contributed by atoms with van der Waals surface area (Å²) in [4.78, 5) is 21.8. The Balaban J connectivity index is 1.57. The predicted molar refractivity (Wildman–Crippen MR) is 92.8 cm³/mol. The van der Waals surface area contributed by atoms with Gasteiger partial charge in [0.15, 0.2) is 5.82 Å². The molecule has 2 N–H and O–H groups in total. The number of hydrogen-bond donors (Lipinski definition) is 2. The normalized spacial score (nSPS) is 10.5. The first kappa shape index (κ1) is 15.6. The zero-order valence-corrected chi connectivity index (χ0v) is 14.3. The van der Waals surface area contributed by atoms with E-state index >= 15 is 0 Å². The van der Waals surface area contributed by atoms with E-state index < -0.39 is 0 Å². The quantitative estimate of drug-likeness (QED) is 0.757. The molecule has 0 saturated heterocycles. The molecule has 3 rings (SSSR count). The Bertz CT molecular complexity index is 793. The van der Waals surface area contributed by atoms with Gasteiger partial charge in [-0.3, -0.25) is 5.32 Å². The second-order valence-electron chi connectivity index (χ2n) is 4.85. The molecular formula is C15H15N5OS2. The van der Waals surface area contributed by atoms with Crippen LogP contribution in [0.25, 0.3) is 11.4 Å². The fourth-order valence-corrected chi connectivity index (χ4v) is 3.35. The molecule has 0 radical (unpaired) electrons. The molecule has 6 nitrogen and oxygen atoms in total. The summed E-state index contributed by atoms with van der Waals surface area (Å²) in [7, 11) is 0. The van der Waals surface area contributed by atoms with E-state index in [0.717, 1.165) is 27.8 Å². The number of aryl methyl sites for hydroxylation is 2. The Morgan fingerprint density at radius 1 is 1.17 bits per heavy atom. The van der Waals surface area contributed by atoms with Crippen molar-refractivity contribution in [3.63, 3.8) is 0 Å². The summed E-state index contributed by atoms with van der Waals surface area (Å²) in [5.74, 6) is 0.608. The van der Waals surface area contributed by atoms with E-state index in [-0.39, 0.29) is 6.03 Å². The number of rotatable bonds is 4. The summed E-state index contributed by atoms with van der Waals surface area (Å²) in [6, 6.07) is 9.33. The first-order valence-corrected chi connectivity index (χ1v) is 8.57. The van der Waals surface area contributed by atoms with E-state index in [1.807, 2.05) is 44.2 Å². The number of thiazole rings is 1. The highest BCUT2D eigenvalue weighted by atomic mass is 32.1. The van der Waals surface area contributed by atoms with Crippen LogP contribution < -0.4 is 10.6 Å². The number of urea groups is 1. The lowest BCUT2D eigenvalue weighted by Crippen LogP contribution is -2.28. The number of nitrogens with zero attached hydrogens (tertiary/aromatic N) is 3. The van der Waals surface area contributed by atoms with Crippen LogP contribution in [0.2, 0.25) is 0 Å². The molecule has 118 valence electrons. The maximum Gasteiger partial charge on any atom is 0.321 e. The summed E-state index contributed by atoms with van der Waals surface area (Å²) in [6.07, 6.45) is 0. The average molecular weight is 345 g/mol. The molecule has 2 aromatic heterocycles. The second kappa shape index (κ2) is 6.84. The van der Waals surface area contributed by atoms with Crippen molar-refractivity contribution in [3.05, 3.63) is 45.9 Å². The van der Waals surface area contributed by atoms with Crippen LogP contribution in [0.1, 0.15) is 15.6 Å². The van der Waals surface area contributed by atoms with Gasteiger partial charge in [0.25, 0.3) is 0 Å². The van der Waals surface area contributed by atoms with Crippen LogP contribution >= 0.6 is 22.9 Å². The van der Waals surface area contributed by atoms with Gasteiger partial charge in [-0.2, -0.15) is 9.36 Å². The van der Waals surface area contributed by atoms with Crippen molar-refractivity contribution >= 4 is 34.0 Å². The first-order chi connectivity index (χ1) is 11.1. The number of benzene rings is 1. The molecule has 0 bridgehead atoms. The number of amides is 2. The standard InChI is InChI=1S/C15H15N5OS2/c1-9-10(2)22-12(17-9)8-16-14(21)19-15-18-13(20-23-15)11-6-4-3-5-7-11/h3-7H,8H2,1-2H3,(H2,16,18,19,20,21). The number of aromatic nitrogens is 3. The third kappa shape index (κ3) is 3.91. The first-order valence-electron chi connectivity index (χ1n) is 6.98. The van der Waals surface area contributed by atoms with Crippen molar-refractivity contribution in [2.75, 3.05) is 5.32 Å². The lowest BCUT2D eigenvalue weighted by molar-refractivity contribution is 0.251. The third-order valence-corrected chi connectivity index (χ3v) is 4.85. The van der Waals surface area contributed by atoms with E-state index in [1.165, 1.54) is 4.88 Å². The van der Waals surface area contributed by atoms with Crippen LogP contribution in [-0.4, -0.2) is 20.4 Å². The van der Waals surface area contributed by atoms with Crippen LogP contribution in [-0.2, 0) is 6.54 Å². The van der Waals surface area contributed by atoms with E-state index in [2.05, 4.69) is 25.0 Å². The summed E-state index contributed by atoms with van der Waals surface area (Å²) < 4.78 is 4.25. The lowest BCUT2D eigenvalue weighted by atomic mass is 10.2. The molecule has 3 aromatic rings. The van der Waals surface area contributed by atoms with Gasteiger partial charge in [0.1, 0.15) is 5.01 Å². The zero-order chi connectivity index (χ0) is 16.2. The Morgan fingerprint density at radius 2 is 1.96 bits per heavy atom. The zero-order valence-electron chi connectivity index (χ0n) is 12.7. The summed E-state index contributed by atoms with van der Waals surface area (Å²) in [6.45, 7) is 4.38. The van der Waals surface area contributed by atoms with Crippen LogP contribution in [0.3, 0.4) is 0 Å².